The topological polar surface area (TPSA) is 61.8 Å². The second kappa shape index (κ2) is 7.13. The van der Waals surface area contributed by atoms with E-state index in [2.05, 4.69) is 20.7 Å². The summed E-state index contributed by atoms with van der Waals surface area (Å²) in [5.74, 6) is 0.377. The van der Waals surface area contributed by atoms with Gasteiger partial charge >= 0.3 is 5.97 Å². The zero-order chi connectivity index (χ0) is 14.4. The van der Waals surface area contributed by atoms with Crippen LogP contribution in [-0.2, 0) is 9.53 Å². The number of ketones is 1. The van der Waals surface area contributed by atoms with Crippen molar-refractivity contribution in [3.63, 3.8) is 0 Å². The normalized spacial score (nSPS) is 9.89. The van der Waals surface area contributed by atoms with E-state index in [4.69, 9.17) is 9.47 Å². The Balaban J connectivity index is 2.95. The SMILES string of the molecule is COC(=O)CCC(=O)c1cc(Br)c(OC)cc1OC. The first kappa shape index (κ1) is 15.5. The van der Waals surface area contributed by atoms with Gasteiger partial charge in [-0.1, -0.05) is 0 Å². The molecule has 5 nitrogen and oxygen atoms in total. The molecule has 1 rings (SSSR count). The van der Waals surface area contributed by atoms with Crippen molar-refractivity contribution in [3.05, 3.63) is 22.2 Å². The second-order valence-corrected chi connectivity index (χ2v) is 4.54. The van der Waals surface area contributed by atoms with Gasteiger partial charge in [-0.3, -0.25) is 9.59 Å². The Bertz CT molecular complexity index is 484. The molecule has 1 aromatic carbocycles. The summed E-state index contributed by atoms with van der Waals surface area (Å²) in [6.45, 7) is 0. The molecule has 0 aliphatic rings. The Hall–Kier alpha value is -1.56. The third-order valence-corrected chi connectivity index (χ3v) is 3.18. The summed E-state index contributed by atoms with van der Waals surface area (Å²) in [4.78, 5) is 23.1. The molecule has 0 saturated carbocycles. The van der Waals surface area contributed by atoms with Crippen molar-refractivity contribution in [1.82, 2.24) is 0 Å². The first-order valence-corrected chi connectivity index (χ1v) is 6.34. The number of esters is 1. The minimum Gasteiger partial charge on any atom is -0.496 e. The van der Waals surface area contributed by atoms with Gasteiger partial charge in [0.15, 0.2) is 5.78 Å². The zero-order valence-corrected chi connectivity index (χ0v) is 12.6. The van der Waals surface area contributed by atoms with Crippen LogP contribution in [0, 0.1) is 0 Å². The maximum absolute atomic E-state index is 12.0. The zero-order valence-electron chi connectivity index (χ0n) is 11.0. The predicted molar refractivity (Wildman–Crippen MR) is 72.8 cm³/mol. The molecule has 0 N–H and O–H groups in total. The summed E-state index contributed by atoms with van der Waals surface area (Å²) in [7, 11) is 4.29. The van der Waals surface area contributed by atoms with E-state index in [1.165, 1.54) is 21.3 Å². The van der Waals surface area contributed by atoms with Crippen LogP contribution in [-0.4, -0.2) is 33.1 Å². The number of benzene rings is 1. The van der Waals surface area contributed by atoms with Crippen LogP contribution in [0.15, 0.2) is 16.6 Å². The Morgan fingerprint density at radius 1 is 1.05 bits per heavy atom. The number of carbonyl (C=O) groups is 2. The van der Waals surface area contributed by atoms with Gasteiger partial charge in [0.2, 0.25) is 0 Å². The molecule has 0 radical (unpaired) electrons. The third kappa shape index (κ3) is 3.96. The fourth-order valence-electron chi connectivity index (χ4n) is 1.53. The summed E-state index contributed by atoms with van der Waals surface area (Å²) in [5.41, 5.74) is 0.402. The van der Waals surface area contributed by atoms with Crippen molar-refractivity contribution < 1.29 is 23.8 Å². The summed E-state index contributed by atoms with van der Waals surface area (Å²) in [6, 6.07) is 3.24. The number of rotatable bonds is 6. The smallest absolute Gasteiger partial charge is 0.305 e. The van der Waals surface area contributed by atoms with Gasteiger partial charge in [-0.2, -0.15) is 0 Å². The van der Waals surface area contributed by atoms with E-state index in [0.717, 1.165) is 0 Å². The van der Waals surface area contributed by atoms with Crippen molar-refractivity contribution >= 4 is 27.7 Å². The summed E-state index contributed by atoms with van der Waals surface area (Å²) >= 11 is 3.31. The molecule has 19 heavy (non-hydrogen) atoms. The first-order chi connectivity index (χ1) is 9.03. The van der Waals surface area contributed by atoms with Crippen molar-refractivity contribution in [1.29, 1.82) is 0 Å². The molecule has 0 atom stereocenters. The molecular formula is C13H15BrO5. The Morgan fingerprint density at radius 3 is 2.21 bits per heavy atom. The number of hydrogen-bond acceptors (Lipinski definition) is 5. The summed E-state index contributed by atoms with van der Waals surface area (Å²) < 4.78 is 15.4. The van der Waals surface area contributed by atoms with Crippen molar-refractivity contribution in [2.24, 2.45) is 0 Å². The minimum atomic E-state index is -0.417. The lowest BCUT2D eigenvalue weighted by Crippen LogP contribution is -2.07. The molecule has 1 aromatic rings. The van der Waals surface area contributed by atoms with E-state index >= 15 is 0 Å². The highest BCUT2D eigenvalue weighted by Gasteiger charge is 2.17. The van der Waals surface area contributed by atoms with E-state index in [-0.39, 0.29) is 18.6 Å². The largest absolute Gasteiger partial charge is 0.496 e. The fraction of sp³-hybridized carbons (Fsp3) is 0.385. The number of methoxy groups -OCH3 is 3. The van der Waals surface area contributed by atoms with E-state index in [1.807, 2.05) is 0 Å². The van der Waals surface area contributed by atoms with Gasteiger partial charge in [0, 0.05) is 12.5 Å². The lowest BCUT2D eigenvalue weighted by Gasteiger charge is -2.11. The van der Waals surface area contributed by atoms with Gasteiger partial charge in [-0.15, -0.1) is 0 Å². The highest BCUT2D eigenvalue weighted by atomic mass is 79.9. The molecule has 0 spiro atoms. The number of hydrogen-bond donors (Lipinski definition) is 0. The van der Waals surface area contributed by atoms with Crippen LogP contribution in [0.4, 0.5) is 0 Å². The highest BCUT2D eigenvalue weighted by molar-refractivity contribution is 9.10. The van der Waals surface area contributed by atoms with Gasteiger partial charge in [0.1, 0.15) is 11.5 Å². The highest BCUT2D eigenvalue weighted by Crippen LogP contribution is 2.33. The molecule has 0 aromatic heterocycles. The van der Waals surface area contributed by atoms with Crippen molar-refractivity contribution in [3.8, 4) is 11.5 Å². The Morgan fingerprint density at radius 2 is 1.68 bits per heavy atom. The maximum Gasteiger partial charge on any atom is 0.305 e. The summed E-state index contributed by atoms with van der Waals surface area (Å²) in [5, 5.41) is 0. The van der Waals surface area contributed by atoms with Crippen LogP contribution >= 0.6 is 15.9 Å². The molecule has 6 heteroatoms. The minimum absolute atomic E-state index is 0.0438. The van der Waals surface area contributed by atoms with Gasteiger partial charge in [0.25, 0.3) is 0 Å². The van der Waals surface area contributed by atoms with E-state index in [1.54, 1.807) is 12.1 Å². The van der Waals surface area contributed by atoms with Crippen molar-refractivity contribution in [2.45, 2.75) is 12.8 Å². The molecule has 104 valence electrons. The monoisotopic (exact) mass is 330 g/mol. The predicted octanol–water partition coefficient (Wildman–Crippen LogP) is 2.60. The van der Waals surface area contributed by atoms with Crippen LogP contribution in [0.25, 0.3) is 0 Å². The van der Waals surface area contributed by atoms with Gasteiger partial charge in [-0.25, -0.2) is 0 Å². The third-order valence-electron chi connectivity index (χ3n) is 2.56. The average molecular weight is 331 g/mol. The van der Waals surface area contributed by atoms with Crippen LogP contribution in [0.5, 0.6) is 11.5 Å². The number of carbonyl (C=O) groups excluding carboxylic acids is 2. The molecule has 0 aliphatic heterocycles. The van der Waals surface area contributed by atoms with Gasteiger partial charge in [0.05, 0.1) is 37.8 Å². The second-order valence-electron chi connectivity index (χ2n) is 3.69. The van der Waals surface area contributed by atoms with Crippen LogP contribution in [0.2, 0.25) is 0 Å². The molecule has 0 heterocycles. The van der Waals surface area contributed by atoms with Crippen LogP contribution < -0.4 is 9.47 Å². The van der Waals surface area contributed by atoms with Crippen LogP contribution in [0.3, 0.4) is 0 Å². The lowest BCUT2D eigenvalue weighted by atomic mass is 10.1. The van der Waals surface area contributed by atoms with E-state index in [0.29, 0.717) is 21.5 Å². The number of halogens is 1. The molecule has 0 saturated heterocycles. The fourth-order valence-corrected chi connectivity index (χ4v) is 2.04. The summed E-state index contributed by atoms with van der Waals surface area (Å²) in [6.07, 6.45) is 0.115. The molecule has 0 fully saturated rings. The van der Waals surface area contributed by atoms with Crippen LogP contribution in [0.1, 0.15) is 23.2 Å². The average Bonchev–Trinajstić information content (AvgIpc) is 2.43. The van der Waals surface area contributed by atoms with Gasteiger partial charge < -0.3 is 14.2 Å². The standard InChI is InChI=1S/C13H15BrO5/c1-17-11-7-12(18-2)9(14)6-8(11)10(15)4-5-13(16)19-3/h6-7H,4-5H2,1-3H3. The van der Waals surface area contributed by atoms with E-state index < -0.39 is 5.97 Å². The quantitative estimate of drug-likeness (QED) is 0.592. The molecule has 0 bridgehead atoms. The number of ether oxygens (including phenoxy) is 3. The van der Waals surface area contributed by atoms with E-state index in [9.17, 15) is 9.59 Å². The Labute approximate surface area is 120 Å². The maximum atomic E-state index is 12.0. The van der Waals surface area contributed by atoms with Gasteiger partial charge in [-0.05, 0) is 22.0 Å². The lowest BCUT2D eigenvalue weighted by molar-refractivity contribution is -0.140. The number of Topliss-reactive ketones (excluding diaryl/α,β-unsaturated/α-hetero) is 1. The first-order valence-electron chi connectivity index (χ1n) is 5.55. The molecular weight excluding hydrogens is 316 g/mol. The molecule has 0 amide bonds. The molecule has 0 aliphatic carbocycles. The molecule has 0 unspecified atom stereocenters. The van der Waals surface area contributed by atoms with Crippen molar-refractivity contribution in [2.75, 3.05) is 21.3 Å². The Kier molecular flexibility index (Phi) is 5.82.